The van der Waals surface area contributed by atoms with Gasteiger partial charge in [-0.2, -0.15) is 0 Å². The highest BCUT2D eigenvalue weighted by molar-refractivity contribution is 7.25. The molecule has 0 bridgehead atoms. The molecule has 2 aliphatic rings. The number of hydrogen-bond acceptors (Lipinski definition) is 3. The van der Waals surface area contributed by atoms with Crippen LogP contribution < -0.4 is 9.80 Å². The van der Waals surface area contributed by atoms with Crippen LogP contribution in [0.2, 0.25) is 0 Å². The molecule has 3 heteroatoms. The monoisotopic (exact) mass is 744 g/mol. The van der Waals surface area contributed by atoms with Crippen LogP contribution in [0.4, 0.5) is 34.1 Å². The molecule has 1 aromatic heterocycles. The Kier molecular flexibility index (Phi) is 9.41. The number of anilines is 6. The van der Waals surface area contributed by atoms with Crippen molar-refractivity contribution in [2.45, 2.75) is 69.1 Å². The average Bonchev–Trinajstić information content (AvgIpc) is 3.92. The zero-order chi connectivity index (χ0) is 37.3. The van der Waals surface area contributed by atoms with Crippen LogP contribution in [0.5, 0.6) is 0 Å². The summed E-state index contributed by atoms with van der Waals surface area (Å²) in [5.74, 6) is 0.690. The van der Waals surface area contributed by atoms with E-state index < -0.39 is 0 Å². The maximum absolute atomic E-state index is 2.47. The van der Waals surface area contributed by atoms with E-state index in [0.717, 1.165) is 11.4 Å². The molecule has 2 fully saturated rings. The molecule has 0 atom stereocenters. The number of fused-ring (bicyclic) bond motifs is 3. The number of nitrogens with zero attached hydrogens (tertiary/aromatic N) is 2. The van der Waals surface area contributed by atoms with E-state index in [1.54, 1.807) is 0 Å². The van der Waals surface area contributed by atoms with E-state index in [-0.39, 0.29) is 5.41 Å². The molecule has 0 saturated heterocycles. The smallest absolute Gasteiger partial charge is 0.0468 e. The van der Waals surface area contributed by atoms with Gasteiger partial charge in [-0.1, -0.05) is 123 Å². The van der Waals surface area contributed by atoms with Crippen LogP contribution in [0.1, 0.15) is 80.4 Å². The summed E-state index contributed by atoms with van der Waals surface area (Å²) in [6, 6.07) is 65.9. The van der Waals surface area contributed by atoms with Gasteiger partial charge in [0.2, 0.25) is 0 Å². The van der Waals surface area contributed by atoms with Gasteiger partial charge in [-0.25, -0.2) is 0 Å². The molecule has 2 saturated carbocycles. The normalized spacial score (nSPS) is 15.6. The predicted octanol–water partition coefficient (Wildman–Crippen LogP) is 15.9. The second-order valence-electron chi connectivity index (χ2n) is 15.9. The Bertz CT molecular complexity index is 2500. The van der Waals surface area contributed by atoms with Gasteiger partial charge in [0, 0.05) is 59.7 Å². The van der Waals surface area contributed by atoms with E-state index in [2.05, 4.69) is 186 Å². The molecule has 1 heterocycles. The third-order valence-corrected chi connectivity index (χ3v) is 13.8. The first-order valence-electron chi connectivity index (χ1n) is 20.7. The van der Waals surface area contributed by atoms with Crippen molar-refractivity contribution in [2.24, 2.45) is 0 Å². The van der Waals surface area contributed by atoms with Gasteiger partial charge >= 0.3 is 0 Å². The first kappa shape index (κ1) is 34.8. The van der Waals surface area contributed by atoms with E-state index in [1.807, 2.05) is 11.3 Å². The van der Waals surface area contributed by atoms with Gasteiger partial charge in [0.1, 0.15) is 0 Å². The van der Waals surface area contributed by atoms with Crippen molar-refractivity contribution < 1.29 is 0 Å². The summed E-state index contributed by atoms with van der Waals surface area (Å²) < 4.78 is 2.68. The van der Waals surface area contributed by atoms with Crippen molar-refractivity contribution in [1.29, 1.82) is 0 Å². The Morgan fingerprint density at radius 2 is 0.857 bits per heavy atom. The van der Waals surface area contributed by atoms with Crippen LogP contribution in [-0.4, -0.2) is 0 Å². The summed E-state index contributed by atoms with van der Waals surface area (Å²) in [4.78, 5) is 4.82. The Morgan fingerprint density at radius 1 is 0.393 bits per heavy atom. The average molecular weight is 745 g/mol. The molecule has 0 unspecified atom stereocenters. The Morgan fingerprint density at radius 3 is 1.45 bits per heavy atom. The zero-order valence-corrected chi connectivity index (χ0v) is 32.8. The number of hydrogen-bond donors (Lipinski definition) is 0. The highest BCUT2D eigenvalue weighted by atomic mass is 32.1. The fraction of sp³-hybridized carbons (Fsp3) is 0.208. The minimum absolute atomic E-state index is 0.00234. The summed E-state index contributed by atoms with van der Waals surface area (Å²) >= 11 is 1.88. The number of benzene rings is 7. The van der Waals surface area contributed by atoms with Crippen molar-refractivity contribution in [1.82, 2.24) is 0 Å². The molecule has 2 aliphatic carbocycles. The summed E-state index contributed by atoms with van der Waals surface area (Å²) in [7, 11) is 0. The van der Waals surface area contributed by atoms with E-state index >= 15 is 0 Å². The molecule has 7 aromatic carbocycles. The molecular formula is C53H48N2S. The highest BCUT2D eigenvalue weighted by Crippen LogP contribution is 2.49. The first-order valence-corrected chi connectivity index (χ1v) is 21.5. The lowest BCUT2D eigenvalue weighted by atomic mass is 9.73. The minimum Gasteiger partial charge on any atom is -0.311 e. The Balaban J connectivity index is 1.01. The van der Waals surface area contributed by atoms with Crippen molar-refractivity contribution in [3.63, 3.8) is 0 Å². The van der Waals surface area contributed by atoms with Crippen molar-refractivity contribution in [3.8, 4) is 0 Å². The van der Waals surface area contributed by atoms with Crippen LogP contribution in [0.3, 0.4) is 0 Å². The van der Waals surface area contributed by atoms with Gasteiger partial charge in [-0.15, -0.1) is 11.3 Å². The molecule has 276 valence electrons. The summed E-state index contributed by atoms with van der Waals surface area (Å²) in [6.07, 6.45) is 11.5. The molecule has 56 heavy (non-hydrogen) atoms. The molecule has 0 amide bonds. The molecule has 8 aromatic rings. The lowest BCUT2D eigenvalue weighted by Gasteiger charge is -2.33. The van der Waals surface area contributed by atoms with Crippen molar-refractivity contribution >= 4 is 65.6 Å². The molecule has 0 radical (unpaired) electrons. The van der Waals surface area contributed by atoms with Gasteiger partial charge in [0.05, 0.1) is 0 Å². The fourth-order valence-electron chi connectivity index (χ4n) is 9.81. The van der Waals surface area contributed by atoms with Crippen LogP contribution in [0.25, 0.3) is 20.2 Å². The predicted molar refractivity (Wildman–Crippen MR) is 240 cm³/mol. The van der Waals surface area contributed by atoms with E-state index in [4.69, 9.17) is 0 Å². The lowest BCUT2D eigenvalue weighted by Crippen LogP contribution is -2.24. The first-order chi connectivity index (χ1) is 27.7. The van der Waals surface area contributed by atoms with Gasteiger partial charge < -0.3 is 9.80 Å². The maximum Gasteiger partial charge on any atom is 0.0468 e. The van der Waals surface area contributed by atoms with E-state index in [9.17, 15) is 0 Å². The Labute approximate surface area is 335 Å². The summed E-state index contributed by atoms with van der Waals surface area (Å²) in [6.45, 7) is 0. The molecule has 0 aliphatic heterocycles. The summed E-state index contributed by atoms with van der Waals surface area (Å²) in [5, 5.41) is 2.66. The quantitative estimate of drug-likeness (QED) is 0.145. The third-order valence-electron chi connectivity index (χ3n) is 12.7. The maximum atomic E-state index is 2.47. The van der Waals surface area contributed by atoms with Gasteiger partial charge in [-0.05, 0) is 133 Å². The number of para-hydroxylation sites is 2. The summed E-state index contributed by atoms with van der Waals surface area (Å²) in [5.41, 5.74) is 11.4. The molecule has 0 spiro atoms. The van der Waals surface area contributed by atoms with Gasteiger partial charge in [-0.3, -0.25) is 0 Å². The van der Waals surface area contributed by atoms with Crippen LogP contribution in [0.15, 0.2) is 176 Å². The van der Waals surface area contributed by atoms with Crippen molar-refractivity contribution in [3.05, 3.63) is 193 Å². The van der Waals surface area contributed by atoms with Gasteiger partial charge in [0.25, 0.3) is 0 Å². The highest BCUT2D eigenvalue weighted by Gasteiger charge is 2.37. The van der Waals surface area contributed by atoms with Crippen molar-refractivity contribution in [2.75, 3.05) is 9.80 Å². The fourth-order valence-corrected chi connectivity index (χ4v) is 10.9. The molecule has 0 N–H and O–H groups in total. The molecule has 10 rings (SSSR count). The Hall–Kier alpha value is -5.64. The number of rotatable bonds is 9. The lowest BCUT2D eigenvalue weighted by molar-refractivity contribution is 0.443. The SMILES string of the molecule is c1ccc(N(c2ccccc2)c2ccc(C3(c4ccc(N(c5ccc(C6CCCCC6)cc5)c5ccc6sc7ccccc7c6c5)cc4)CCCC3)cc2)cc1. The molecule has 2 nitrogen and oxygen atoms in total. The van der Waals surface area contributed by atoms with E-state index in [1.165, 1.54) is 117 Å². The standard InChI is InChI=1S/C53H48N2S/c1-4-14-39(15-5-1)40-22-28-45(29-23-40)55(48-34-35-52-50(38-48)49-20-10-11-21-51(49)56-52)47-32-26-42(27-33-47)53(36-12-13-37-53)41-24-30-46(31-25-41)54(43-16-6-2-7-17-43)44-18-8-3-9-19-44/h2-3,6-11,16-35,38-39H,1,4-5,12-15,36-37H2. The van der Waals surface area contributed by atoms with Crippen LogP contribution in [-0.2, 0) is 5.41 Å². The largest absolute Gasteiger partial charge is 0.311 e. The van der Waals surface area contributed by atoms with Crippen LogP contribution >= 0.6 is 11.3 Å². The van der Waals surface area contributed by atoms with Crippen LogP contribution in [0, 0.1) is 0 Å². The second-order valence-corrected chi connectivity index (χ2v) is 17.0. The second kappa shape index (κ2) is 15.1. The minimum atomic E-state index is 0.00234. The number of thiophene rings is 1. The van der Waals surface area contributed by atoms with E-state index in [0.29, 0.717) is 5.92 Å². The topological polar surface area (TPSA) is 6.48 Å². The van der Waals surface area contributed by atoms with Gasteiger partial charge in [0.15, 0.2) is 0 Å². The molecular weight excluding hydrogens is 697 g/mol. The zero-order valence-electron chi connectivity index (χ0n) is 32.0. The third kappa shape index (κ3) is 6.48.